The Kier molecular flexibility index (Phi) is 6.97. The molecule has 9 nitrogen and oxygen atoms in total. The SMILES string of the molecule is COc1ccc(NC(=O)[C@@H](Cc2ccccc2)NS(=O)(=O)c2ccc3c(c2)oc(=O)n3C)cc1Cl. The van der Waals surface area contributed by atoms with E-state index in [1.165, 1.54) is 43.0 Å². The number of methoxy groups -OCH3 is 1. The van der Waals surface area contributed by atoms with Crippen molar-refractivity contribution in [1.29, 1.82) is 0 Å². The predicted molar refractivity (Wildman–Crippen MR) is 132 cm³/mol. The molecule has 3 aromatic carbocycles. The predicted octanol–water partition coefficient (Wildman–Crippen LogP) is 3.32. The maximum Gasteiger partial charge on any atom is 0.419 e. The summed E-state index contributed by atoms with van der Waals surface area (Å²) >= 11 is 6.15. The Morgan fingerprint density at radius 3 is 2.54 bits per heavy atom. The van der Waals surface area contributed by atoms with Gasteiger partial charge in [0, 0.05) is 18.8 Å². The molecule has 0 fully saturated rings. The summed E-state index contributed by atoms with van der Waals surface area (Å²) in [5, 5.41) is 2.99. The Labute approximate surface area is 206 Å². The van der Waals surface area contributed by atoms with Gasteiger partial charge in [-0.1, -0.05) is 41.9 Å². The molecule has 1 heterocycles. The highest BCUT2D eigenvalue weighted by Crippen LogP contribution is 2.27. The molecule has 11 heteroatoms. The number of benzene rings is 3. The normalized spacial score (nSPS) is 12.4. The van der Waals surface area contributed by atoms with Crippen LogP contribution in [0.1, 0.15) is 5.56 Å². The fraction of sp³-hybridized carbons (Fsp3) is 0.167. The van der Waals surface area contributed by atoms with Crippen LogP contribution in [-0.4, -0.2) is 32.0 Å². The number of oxazole rings is 1. The zero-order chi connectivity index (χ0) is 25.2. The largest absolute Gasteiger partial charge is 0.495 e. The van der Waals surface area contributed by atoms with Gasteiger partial charge in [0.05, 0.1) is 22.5 Å². The number of rotatable bonds is 8. The first kappa shape index (κ1) is 24.5. The summed E-state index contributed by atoms with van der Waals surface area (Å²) in [6.07, 6.45) is 0.0957. The molecule has 2 N–H and O–H groups in total. The highest BCUT2D eigenvalue weighted by molar-refractivity contribution is 7.89. The van der Waals surface area contributed by atoms with Crippen LogP contribution in [0.3, 0.4) is 0 Å². The van der Waals surface area contributed by atoms with E-state index in [4.69, 9.17) is 20.8 Å². The molecule has 0 aliphatic carbocycles. The second-order valence-corrected chi connectivity index (χ2v) is 9.88. The fourth-order valence-electron chi connectivity index (χ4n) is 3.55. The Morgan fingerprint density at radius 2 is 1.86 bits per heavy atom. The van der Waals surface area contributed by atoms with E-state index in [0.29, 0.717) is 22.0 Å². The maximum atomic E-state index is 13.2. The van der Waals surface area contributed by atoms with Crippen LogP contribution in [0.5, 0.6) is 5.75 Å². The van der Waals surface area contributed by atoms with Crippen LogP contribution in [-0.2, 0) is 28.3 Å². The minimum Gasteiger partial charge on any atom is -0.495 e. The number of aryl methyl sites for hydroxylation is 1. The lowest BCUT2D eigenvalue weighted by molar-refractivity contribution is -0.117. The van der Waals surface area contributed by atoms with Crippen LogP contribution in [0, 0.1) is 0 Å². The lowest BCUT2D eigenvalue weighted by Gasteiger charge is -2.19. The highest BCUT2D eigenvalue weighted by atomic mass is 35.5. The van der Waals surface area contributed by atoms with Crippen molar-refractivity contribution in [2.24, 2.45) is 7.05 Å². The van der Waals surface area contributed by atoms with Gasteiger partial charge in [-0.15, -0.1) is 0 Å². The molecule has 0 aliphatic rings. The van der Waals surface area contributed by atoms with Crippen LogP contribution < -0.4 is 20.5 Å². The molecule has 0 saturated heterocycles. The number of ether oxygens (including phenoxy) is 1. The monoisotopic (exact) mass is 515 g/mol. The van der Waals surface area contributed by atoms with Gasteiger partial charge in [0.2, 0.25) is 15.9 Å². The lowest BCUT2D eigenvalue weighted by Crippen LogP contribution is -2.45. The van der Waals surface area contributed by atoms with Gasteiger partial charge in [-0.3, -0.25) is 9.36 Å². The summed E-state index contributed by atoms with van der Waals surface area (Å²) in [6.45, 7) is 0. The Hall–Kier alpha value is -3.60. The quantitative estimate of drug-likeness (QED) is 0.371. The van der Waals surface area contributed by atoms with Gasteiger partial charge in [0.15, 0.2) is 5.58 Å². The summed E-state index contributed by atoms with van der Waals surface area (Å²) in [5.74, 6) is -0.748. The molecule has 4 rings (SSSR count). The van der Waals surface area contributed by atoms with Crippen LogP contribution in [0.4, 0.5) is 5.69 Å². The molecule has 182 valence electrons. The molecule has 4 aromatic rings. The molecule has 35 heavy (non-hydrogen) atoms. The van der Waals surface area contributed by atoms with Gasteiger partial charge in [-0.05, 0) is 42.3 Å². The topological polar surface area (TPSA) is 120 Å². The van der Waals surface area contributed by atoms with E-state index in [1.807, 2.05) is 6.07 Å². The van der Waals surface area contributed by atoms with Crippen molar-refractivity contribution in [2.75, 3.05) is 12.4 Å². The van der Waals surface area contributed by atoms with E-state index in [-0.39, 0.29) is 16.9 Å². The molecule has 0 radical (unpaired) electrons. The average Bonchev–Trinajstić information content (AvgIpc) is 3.12. The van der Waals surface area contributed by atoms with E-state index in [2.05, 4.69) is 10.0 Å². The van der Waals surface area contributed by atoms with Crippen molar-refractivity contribution in [3.63, 3.8) is 0 Å². The van der Waals surface area contributed by atoms with Crippen molar-refractivity contribution in [3.8, 4) is 5.75 Å². The van der Waals surface area contributed by atoms with Crippen LogP contribution >= 0.6 is 11.6 Å². The number of nitrogens with one attached hydrogen (secondary N) is 2. The Bertz CT molecular complexity index is 1550. The first-order valence-electron chi connectivity index (χ1n) is 10.5. The lowest BCUT2D eigenvalue weighted by atomic mass is 10.1. The Balaban J connectivity index is 1.63. The summed E-state index contributed by atoms with van der Waals surface area (Å²) in [5.41, 5.74) is 1.71. The second kappa shape index (κ2) is 9.95. The standard InChI is InChI=1S/C24H22ClN3O6S/c1-28-20-10-9-17(14-22(20)34-24(28)30)35(31,32)27-19(12-15-6-4-3-5-7-15)23(29)26-16-8-11-21(33-2)18(25)13-16/h3-11,13-14,19,27H,12H2,1-2H3,(H,26,29)/t19-/m1/s1. The molecule has 0 saturated carbocycles. The van der Waals surface area contributed by atoms with E-state index in [9.17, 15) is 18.0 Å². The number of aromatic nitrogens is 1. The number of hydrogen-bond donors (Lipinski definition) is 2. The molecule has 1 aromatic heterocycles. The van der Waals surface area contributed by atoms with Crippen molar-refractivity contribution < 1.29 is 22.4 Å². The van der Waals surface area contributed by atoms with E-state index >= 15 is 0 Å². The third-order valence-corrected chi connectivity index (χ3v) is 7.15. The molecule has 0 spiro atoms. The van der Waals surface area contributed by atoms with Gasteiger partial charge < -0.3 is 14.5 Å². The molecule has 0 aliphatic heterocycles. The minimum atomic E-state index is -4.16. The number of fused-ring (bicyclic) bond motifs is 1. The summed E-state index contributed by atoms with van der Waals surface area (Å²) in [4.78, 5) is 24.8. The number of carbonyl (C=O) groups is 1. The number of anilines is 1. The Morgan fingerprint density at radius 1 is 1.11 bits per heavy atom. The number of sulfonamides is 1. The van der Waals surface area contributed by atoms with E-state index in [0.717, 1.165) is 5.56 Å². The van der Waals surface area contributed by atoms with E-state index in [1.54, 1.807) is 36.4 Å². The third-order valence-electron chi connectivity index (χ3n) is 5.39. The first-order valence-corrected chi connectivity index (χ1v) is 12.3. The molecular formula is C24H22ClN3O6S. The molecule has 0 unspecified atom stereocenters. The number of nitrogens with zero attached hydrogens (tertiary/aromatic N) is 1. The highest BCUT2D eigenvalue weighted by Gasteiger charge is 2.27. The molecule has 0 bridgehead atoms. The van der Waals surface area contributed by atoms with Gasteiger partial charge in [0.25, 0.3) is 0 Å². The van der Waals surface area contributed by atoms with Crippen molar-refractivity contribution >= 4 is 44.3 Å². The van der Waals surface area contributed by atoms with Gasteiger partial charge in [-0.2, -0.15) is 4.72 Å². The average molecular weight is 516 g/mol. The van der Waals surface area contributed by atoms with Gasteiger partial charge in [-0.25, -0.2) is 13.2 Å². The van der Waals surface area contributed by atoms with Crippen LogP contribution in [0.15, 0.2) is 80.8 Å². The molecule has 1 atom stereocenters. The molecule has 1 amide bonds. The zero-order valence-electron chi connectivity index (χ0n) is 18.8. The number of amides is 1. The summed E-state index contributed by atoms with van der Waals surface area (Å²) in [7, 11) is -1.16. The zero-order valence-corrected chi connectivity index (χ0v) is 20.4. The summed E-state index contributed by atoms with van der Waals surface area (Å²) in [6, 6.07) is 16.6. The number of halogens is 1. The third kappa shape index (κ3) is 5.40. The van der Waals surface area contributed by atoms with Crippen molar-refractivity contribution in [3.05, 3.63) is 87.9 Å². The number of hydrogen-bond acceptors (Lipinski definition) is 6. The second-order valence-electron chi connectivity index (χ2n) is 7.76. The minimum absolute atomic E-state index is 0.0957. The number of carbonyl (C=O) groups excluding carboxylic acids is 1. The first-order chi connectivity index (χ1) is 16.7. The van der Waals surface area contributed by atoms with Gasteiger partial charge in [0.1, 0.15) is 11.8 Å². The van der Waals surface area contributed by atoms with Crippen molar-refractivity contribution in [2.45, 2.75) is 17.4 Å². The van der Waals surface area contributed by atoms with Crippen LogP contribution in [0.25, 0.3) is 11.1 Å². The van der Waals surface area contributed by atoms with Gasteiger partial charge >= 0.3 is 5.76 Å². The summed E-state index contributed by atoms with van der Waals surface area (Å²) < 4.78 is 40.4. The van der Waals surface area contributed by atoms with Crippen LogP contribution in [0.2, 0.25) is 5.02 Å². The smallest absolute Gasteiger partial charge is 0.419 e. The molecular weight excluding hydrogens is 494 g/mol. The van der Waals surface area contributed by atoms with E-state index < -0.39 is 27.7 Å². The maximum absolute atomic E-state index is 13.2. The van der Waals surface area contributed by atoms with Crippen molar-refractivity contribution in [1.82, 2.24) is 9.29 Å². The fourth-order valence-corrected chi connectivity index (χ4v) is 5.02.